The summed E-state index contributed by atoms with van der Waals surface area (Å²) in [6, 6.07) is 0.398. The topological polar surface area (TPSA) is 49.0 Å². The van der Waals surface area contributed by atoms with Crippen molar-refractivity contribution in [1.29, 1.82) is 0 Å². The second-order valence-corrected chi connectivity index (χ2v) is 5.93. The highest BCUT2D eigenvalue weighted by Gasteiger charge is 2.45. The lowest BCUT2D eigenvalue weighted by atomic mass is 9.87. The second kappa shape index (κ2) is 9.06. The molecule has 1 aliphatic heterocycles. The summed E-state index contributed by atoms with van der Waals surface area (Å²) in [5.41, 5.74) is 0. The summed E-state index contributed by atoms with van der Waals surface area (Å²) < 4.78 is 23.3. The maximum absolute atomic E-state index is 6.08. The Balaban J connectivity index is 1.80. The molecule has 2 atom stereocenters. The second-order valence-electron chi connectivity index (χ2n) is 5.93. The van der Waals surface area contributed by atoms with Gasteiger partial charge in [-0.3, -0.25) is 0 Å². The predicted molar refractivity (Wildman–Crippen MR) is 81.4 cm³/mol. The first-order valence-corrected chi connectivity index (χ1v) is 8.50. The summed E-state index contributed by atoms with van der Waals surface area (Å²) in [6.07, 6.45) is 5.16. The molecule has 1 saturated carbocycles. The van der Waals surface area contributed by atoms with Crippen molar-refractivity contribution in [2.45, 2.75) is 63.9 Å². The number of ether oxygens (including phenoxy) is 4. The van der Waals surface area contributed by atoms with Gasteiger partial charge in [-0.05, 0) is 25.8 Å². The minimum Gasteiger partial charge on any atom is -0.379 e. The van der Waals surface area contributed by atoms with Crippen LogP contribution in [-0.4, -0.2) is 57.5 Å². The van der Waals surface area contributed by atoms with Crippen LogP contribution < -0.4 is 5.32 Å². The van der Waals surface area contributed by atoms with E-state index in [0.717, 1.165) is 45.3 Å². The van der Waals surface area contributed by atoms with Crippen LogP contribution in [0.15, 0.2) is 0 Å². The maximum atomic E-state index is 6.08. The third-order valence-electron chi connectivity index (χ3n) is 4.18. The van der Waals surface area contributed by atoms with Gasteiger partial charge in [-0.15, -0.1) is 0 Å². The van der Waals surface area contributed by atoms with Gasteiger partial charge < -0.3 is 24.3 Å². The molecular formula is C16H31NO4. The molecule has 0 aromatic heterocycles. The summed E-state index contributed by atoms with van der Waals surface area (Å²) >= 11 is 0. The molecular weight excluding hydrogens is 270 g/mol. The van der Waals surface area contributed by atoms with Gasteiger partial charge in [-0.2, -0.15) is 0 Å². The van der Waals surface area contributed by atoms with E-state index in [1.807, 2.05) is 0 Å². The molecule has 1 spiro atoms. The van der Waals surface area contributed by atoms with E-state index < -0.39 is 0 Å². The summed E-state index contributed by atoms with van der Waals surface area (Å²) in [5.74, 6) is -0.390. The summed E-state index contributed by atoms with van der Waals surface area (Å²) in [4.78, 5) is 0. The molecule has 124 valence electrons. The van der Waals surface area contributed by atoms with Crippen LogP contribution in [-0.2, 0) is 18.9 Å². The predicted octanol–water partition coefficient (Wildman–Crippen LogP) is 2.09. The van der Waals surface area contributed by atoms with E-state index in [9.17, 15) is 0 Å². The molecule has 2 rings (SSSR count). The zero-order chi connectivity index (χ0) is 15.0. The van der Waals surface area contributed by atoms with Crippen LogP contribution in [0.5, 0.6) is 0 Å². The van der Waals surface area contributed by atoms with E-state index >= 15 is 0 Å². The standard InChI is InChI=1S/C16H31NO4/c1-3-7-17-14-5-6-16(20-11-12-21-16)13-15(14)19-10-9-18-8-4-2/h14-15,17H,3-13H2,1-2H3. The highest BCUT2D eigenvalue weighted by molar-refractivity contribution is 4.92. The molecule has 0 aromatic rings. The maximum Gasteiger partial charge on any atom is 0.171 e. The summed E-state index contributed by atoms with van der Waals surface area (Å²) in [7, 11) is 0. The molecule has 2 aliphatic rings. The number of hydrogen-bond acceptors (Lipinski definition) is 5. The largest absolute Gasteiger partial charge is 0.379 e. The normalized spacial score (nSPS) is 28.3. The van der Waals surface area contributed by atoms with Crippen LogP contribution >= 0.6 is 0 Å². The Morgan fingerprint density at radius 1 is 1.10 bits per heavy atom. The van der Waals surface area contributed by atoms with Gasteiger partial charge in [0.25, 0.3) is 0 Å². The van der Waals surface area contributed by atoms with Crippen LogP contribution in [0.3, 0.4) is 0 Å². The average Bonchev–Trinajstić information content (AvgIpc) is 2.94. The highest BCUT2D eigenvalue weighted by Crippen LogP contribution is 2.37. The van der Waals surface area contributed by atoms with Crippen molar-refractivity contribution in [3.63, 3.8) is 0 Å². The first-order chi connectivity index (χ1) is 10.3. The number of nitrogens with one attached hydrogen (secondary N) is 1. The van der Waals surface area contributed by atoms with Crippen LogP contribution in [0.2, 0.25) is 0 Å². The molecule has 0 aromatic carbocycles. The Bertz CT molecular complexity index is 281. The van der Waals surface area contributed by atoms with E-state index in [0.29, 0.717) is 32.5 Å². The zero-order valence-electron chi connectivity index (χ0n) is 13.6. The van der Waals surface area contributed by atoms with Crippen LogP contribution in [0.4, 0.5) is 0 Å². The van der Waals surface area contributed by atoms with Gasteiger partial charge in [0.15, 0.2) is 5.79 Å². The third kappa shape index (κ3) is 5.18. The van der Waals surface area contributed by atoms with Gasteiger partial charge in [-0.25, -0.2) is 0 Å². The lowest BCUT2D eigenvalue weighted by Gasteiger charge is -2.41. The van der Waals surface area contributed by atoms with E-state index in [1.54, 1.807) is 0 Å². The third-order valence-corrected chi connectivity index (χ3v) is 4.18. The number of hydrogen-bond donors (Lipinski definition) is 1. The molecule has 21 heavy (non-hydrogen) atoms. The Morgan fingerprint density at radius 2 is 1.90 bits per heavy atom. The zero-order valence-corrected chi connectivity index (χ0v) is 13.6. The average molecular weight is 301 g/mol. The van der Waals surface area contributed by atoms with Crippen molar-refractivity contribution in [3.8, 4) is 0 Å². The fraction of sp³-hybridized carbons (Fsp3) is 1.00. The van der Waals surface area contributed by atoms with E-state index in [-0.39, 0.29) is 11.9 Å². The Morgan fingerprint density at radius 3 is 2.62 bits per heavy atom. The fourth-order valence-electron chi connectivity index (χ4n) is 3.11. The van der Waals surface area contributed by atoms with Crippen molar-refractivity contribution in [3.05, 3.63) is 0 Å². The monoisotopic (exact) mass is 301 g/mol. The quantitative estimate of drug-likeness (QED) is 0.661. The van der Waals surface area contributed by atoms with Crippen molar-refractivity contribution in [2.75, 3.05) is 39.6 Å². The Labute approximate surface area is 128 Å². The van der Waals surface area contributed by atoms with Gasteiger partial charge in [0.2, 0.25) is 0 Å². The lowest BCUT2D eigenvalue weighted by Crippen LogP contribution is -2.52. The molecule has 1 N–H and O–H groups in total. The Kier molecular flexibility index (Phi) is 7.40. The van der Waals surface area contributed by atoms with Crippen LogP contribution in [0.1, 0.15) is 46.0 Å². The van der Waals surface area contributed by atoms with Crippen molar-refractivity contribution in [2.24, 2.45) is 0 Å². The molecule has 2 fully saturated rings. The first-order valence-electron chi connectivity index (χ1n) is 8.50. The number of rotatable bonds is 9. The molecule has 0 radical (unpaired) electrons. The molecule has 1 saturated heterocycles. The summed E-state index contributed by atoms with van der Waals surface area (Å²) in [6.45, 7) is 8.87. The van der Waals surface area contributed by atoms with E-state index in [2.05, 4.69) is 19.2 Å². The van der Waals surface area contributed by atoms with Gasteiger partial charge in [0, 0.05) is 25.5 Å². The molecule has 0 amide bonds. The van der Waals surface area contributed by atoms with Gasteiger partial charge in [-0.1, -0.05) is 13.8 Å². The fourth-order valence-corrected chi connectivity index (χ4v) is 3.11. The van der Waals surface area contributed by atoms with E-state index in [1.165, 1.54) is 0 Å². The minimum absolute atomic E-state index is 0.147. The SMILES string of the molecule is CCCNC1CCC2(CC1OCCOCCC)OCCO2. The molecule has 0 bridgehead atoms. The van der Waals surface area contributed by atoms with Gasteiger partial charge >= 0.3 is 0 Å². The van der Waals surface area contributed by atoms with Gasteiger partial charge in [0.1, 0.15) is 0 Å². The van der Waals surface area contributed by atoms with Crippen molar-refractivity contribution in [1.82, 2.24) is 5.32 Å². The summed E-state index contributed by atoms with van der Waals surface area (Å²) in [5, 5.41) is 3.60. The molecule has 5 heteroatoms. The molecule has 1 aliphatic carbocycles. The van der Waals surface area contributed by atoms with Crippen molar-refractivity contribution >= 4 is 0 Å². The first kappa shape index (κ1) is 17.2. The molecule has 5 nitrogen and oxygen atoms in total. The van der Waals surface area contributed by atoms with Crippen molar-refractivity contribution < 1.29 is 18.9 Å². The highest BCUT2D eigenvalue weighted by atomic mass is 16.7. The van der Waals surface area contributed by atoms with Crippen LogP contribution in [0.25, 0.3) is 0 Å². The molecule has 2 unspecified atom stereocenters. The smallest absolute Gasteiger partial charge is 0.171 e. The molecule has 1 heterocycles. The van der Waals surface area contributed by atoms with Gasteiger partial charge in [0.05, 0.1) is 32.5 Å². The van der Waals surface area contributed by atoms with Crippen LogP contribution in [0, 0.1) is 0 Å². The minimum atomic E-state index is -0.390. The Hall–Kier alpha value is -0.200. The van der Waals surface area contributed by atoms with E-state index in [4.69, 9.17) is 18.9 Å². The lowest BCUT2D eigenvalue weighted by molar-refractivity contribution is -0.208.